The van der Waals surface area contributed by atoms with Crippen LogP contribution in [-0.4, -0.2) is 52.8 Å². The van der Waals surface area contributed by atoms with Gasteiger partial charge in [0.25, 0.3) is 5.91 Å². The quantitative estimate of drug-likeness (QED) is 0.673. The molecule has 6 nitrogen and oxygen atoms in total. The van der Waals surface area contributed by atoms with Crippen molar-refractivity contribution in [3.8, 4) is 0 Å². The number of sulfone groups is 1. The van der Waals surface area contributed by atoms with Crippen molar-refractivity contribution in [2.45, 2.75) is 17.7 Å². The summed E-state index contributed by atoms with van der Waals surface area (Å²) < 4.78 is 23.1. The van der Waals surface area contributed by atoms with Crippen LogP contribution in [0.25, 0.3) is 0 Å². The zero-order chi connectivity index (χ0) is 12.0. The molecule has 90 valence electrons. The van der Waals surface area contributed by atoms with E-state index in [0.717, 1.165) is 0 Å². The Hall–Kier alpha value is -1.50. The smallest absolute Gasteiger partial charge is 0.274 e. The minimum atomic E-state index is -2.97. The van der Waals surface area contributed by atoms with E-state index in [1.54, 1.807) is 4.90 Å². The third-order valence-electron chi connectivity index (χ3n) is 3.35. The van der Waals surface area contributed by atoms with Gasteiger partial charge < -0.3 is 4.90 Å². The highest BCUT2D eigenvalue weighted by Gasteiger charge is 2.50. The van der Waals surface area contributed by atoms with Crippen LogP contribution in [0.5, 0.6) is 0 Å². The van der Waals surface area contributed by atoms with Crippen LogP contribution in [0, 0.1) is 0 Å². The Labute approximate surface area is 98.6 Å². The highest BCUT2D eigenvalue weighted by molar-refractivity contribution is 7.92. The summed E-state index contributed by atoms with van der Waals surface area (Å²) in [5, 5.41) is -0.381. The molecule has 2 saturated heterocycles. The van der Waals surface area contributed by atoms with Gasteiger partial charge in [-0.15, -0.1) is 0 Å². The van der Waals surface area contributed by atoms with Gasteiger partial charge in [-0.3, -0.25) is 9.78 Å². The molecule has 3 rings (SSSR count). The van der Waals surface area contributed by atoms with Crippen molar-refractivity contribution in [3.05, 3.63) is 24.3 Å². The number of hydrogen-bond donors (Lipinski definition) is 0. The van der Waals surface area contributed by atoms with E-state index in [-0.39, 0.29) is 28.6 Å². The molecular weight excluding hydrogens is 242 g/mol. The van der Waals surface area contributed by atoms with Crippen molar-refractivity contribution >= 4 is 15.7 Å². The Morgan fingerprint density at radius 1 is 1.41 bits per heavy atom. The molecule has 0 radical (unpaired) electrons. The Morgan fingerprint density at radius 2 is 2.24 bits per heavy atom. The summed E-state index contributed by atoms with van der Waals surface area (Å²) in [5.41, 5.74) is 0.275. The van der Waals surface area contributed by atoms with Crippen LogP contribution in [0.4, 0.5) is 0 Å². The number of carbonyl (C=O) groups is 1. The molecule has 0 N–H and O–H groups in total. The van der Waals surface area contributed by atoms with Crippen molar-refractivity contribution in [1.29, 1.82) is 0 Å². The molecule has 0 saturated carbocycles. The molecule has 7 heteroatoms. The zero-order valence-corrected chi connectivity index (χ0v) is 9.80. The summed E-state index contributed by atoms with van der Waals surface area (Å²) in [6.07, 6.45) is 4.92. The number of nitrogens with zero attached hydrogens (tertiary/aromatic N) is 3. The number of fused-ring (bicyclic) bond motifs is 2. The molecule has 2 bridgehead atoms. The number of likely N-dealkylation sites (tertiary alicyclic amines) is 1. The van der Waals surface area contributed by atoms with E-state index in [4.69, 9.17) is 0 Å². The number of amides is 1. The van der Waals surface area contributed by atoms with E-state index in [2.05, 4.69) is 9.97 Å². The fourth-order valence-corrected chi connectivity index (χ4v) is 4.53. The SMILES string of the molecule is O=C(c1cnccn1)N1CC2CC1CS2(=O)=O. The van der Waals surface area contributed by atoms with E-state index >= 15 is 0 Å². The zero-order valence-electron chi connectivity index (χ0n) is 8.98. The minimum absolute atomic E-state index is 0.0870. The molecule has 2 aliphatic rings. The van der Waals surface area contributed by atoms with Gasteiger partial charge in [0.1, 0.15) is 5.69 Å². The van der Waals surface area contributed by atoms with Crippen LogP contribution in [-0.2, 0) is 9.84 Å². The fraction of sp³-hybridized carbons (Fsp3) is 0.500. The predicted molar refractivity (Wildman–Crippen MR) is 59.0 cm³/mol. The fourth-order valence-electron chi connectivity index (χ4n) is 2.50. The van der Waals surface area contributed by atoms with Gasteiger partial charge in [0.05, 0.1) is 17.2 Å². The summed E-state index contributed by atoms with van der Waals surface area (Å²) >= 11 is 0. The van der Waals surface area contributed by atoms with Gasteiger partial charge in [0.15, 0.2) is 9.84 Å². The van der Waals surface area contributed by atoms with Crippen LogP contribution >= 0.6 is 0 Å². The molecular formula is C10H11N3O3S. The molecule has 1 amide bonds. The first-order chi connectivity index (χ1) is 8.08. The van der Waals surface area contributed by atoms with Gasteiger partial charge in [-0.1, -0.05) is 0 Å². The molecule has 17 heavy (non-hydrogen) atoms. The Kier molecular flexibility index (Phi) is 2.19. The largest absolute Gasteiger partial charge is 0.332 e. The van der Waals surface area contributed by atoms with Crippen LogP contribution < -0.4 is 0 Å². The molecule has 1 aromatic rings. The molecule has 2 unspecified atom stereocenters. The first-order valence-electron chi connectivity index (χ1n) is 5.36. The number of rotatable bonds is 1. The molecule has 2 atom stereocenters. The summed E-state index contributed by atoms with van der Waals surface area (Å²) in [6.45, 7) is 0.294. The Bertz CT molecular complexity index is 557. The van der Waals surface area contributed by atoms with Crippen LogP contribution in [0.3, 0.4) is 0 Å². The maximum atomic E-state index is 12.1. The maximum absolute atomic E-state index is 12.1. The van der Waals surface area contributed by atoms with Gasteiger partial charge >= 0.3 is 0 Å². The normalized spacial score (nSPS) is 29.5. The van der Waals surface area contributed by atoms with Gasteiger partial charge in [-0.25, -0.2) is 13.4 Å². The summed E-state index contributed by atoms with van der Waals surface area (Å²) in [5.74, 6) is -0.135. The van der Waals surface area contributed by atoms with Crippen molar-refractivity contribution in [1.82, 2.24) is 14.9 Å². The summed E-state index contributed by atoms with van der Waals surface area (Å²) in [4.78, 5) is 21.5. The lowest BCUT2D eigenvalue weighted by molar-refractivity contribution is 0.0739. The predicted octanol–water partition coefficient (Wildman–Crippen LogP) is -0.512. The standard InChI is InChI=1S/C10H11N3O3S/c14-10(9-4-11-1-2-12-9)13-5-8-3-7(13)6-17(8,15)16/h1-2,4,7-8H,3,5-6H2. The first kappa shape index (κ1) is 10.6. The topological polar surface area (TPSA) is 80.2 Å². The number of hydrogen-bond acceptors (Lipinski definition) is 5. The van der Waals surface area contributed by atoms with E-state index in [0.29, 0.717) is 13.0 Å². The van der Waals surface area contributed by atoms with Crippen LogP contribution in [0.15, 0.2) is 18.6 Å². The highest BCUT2D eigenvalue weighted by Crippen LogP contribution is 2.33. The number of aromatic nitrogens is 2. The monoisotopic (exact) mass is 253 g/mol. The first-order valence-corrected chi connectivity index (χ1v) is 7.08. The third kappa shape index (κ3) is 1.61. The number of carbonyl (C=O) groups excluding carboxylic acids is 1. The second-order valence-electron chi connectivity index (χ2n) is 4.39. The molecule has 3 heterocycles. The lowest BCUT2D eigenvalue weighted by Gasteiger charge is -2.26. The van der Waals surface area contributed by atoms with Gasteiger partial charge in [0.2, 0.25) is 0 Å². The van der Waals surface area contributed by atoms with Crippen molar-refractivity contribution in [2.24, 2.45) is 0 Å². The van der Waals surface area contributed by atoms with Crippen molar-refractivity contribution in [2.75, 3.05) is 12.3 Å². The average molecular weight is 253 g/mol. The molecule has 2 aliphatic heterocycles. The van der Waals surface area contributed by atoms with E-state index in [9.17, 15) is 13.2 Å². The Balaban J connectivity index is 1.84. The summed E-state index contributed by atoms with van der Waals surface area (Å²) in [7, 11) is -2.97. The molecule has 0 spiro atoms. The maximum Gasteiger partial charge on any atom is 0.274 e. The van der Waals surface area contributed by atoms with E-state index in [1.165, 1.54) is 18.6 Å². The highest BCUT2D eigenvalue weighted by atomic mass is 32.2. The van der Waals surface area contributed by atoms with Gasteiger partial charge in [-0.2, -0.15) is 0 Å². The lowest BCUT2D eigenvalue weighted by Crippen LogP contribution is -2.44. The molecule has 2 fully saturated rings. The van der Waals surface area contributed by atoms with Crippen molar-refractivity contribution < 1.29 is 13.2 Å². The van der Waals surface area contributed by atoms with E-state index in [1.807, 2.05) is 0 Å². The molecule has 0 aromatic carbocycles. The minimum Gasteiger partial charge on any atom is -0.332 e. The third-order valence-corrected chi connectivity index (χ3v) is 5.56. The lowest BCUT2D eigenvalue weighted by atomic mass is 10.2. The van der Waals surface area contributed by atoms with Crippen LogP contribution in [0.1, 0.15) is 16.9 Å². The molecule has 0 aliphatic carbocycles. The van der Waals surface area contributed by atoms with Crippen molar-refractivity contribution in [3.63, 3.8) is 0 Å². The van der Waals surface area contributed by atoms with Gasteiger partial charge in [-0.05, 0) is 6.42 Å². The van der Waals surface area contributed by atoms with E-state index < -0.39 is 9.84 Å². The average Bonchev–Trinajstić information content (AvgIpc) is 2.84. The summed E-state index contributed by atoms with van der Waals surface area (Å²) in [6, 6.07) is -0.181. The second kappa shape index (κ2) is 3.49. The van der Waals surface area contributed by atoms with Gasteiger partial charge in [0, 0.05) is 25.0 Å². The Morgan fingerprint density at radius 3 is 2.76 bits per heavy atom. The second-order valence-corrected chi connectivity index (χ2v) is 6.71. The molecule has 1 aromatic heterocycles. The van der Waals surface area contributed by atoms with Crippen LogP contribution in [0.2, 0.25) is 0 Å².